The van der Waals surface area contributed by atoms with Crippen LogP contribution in [0, 0.1) is 5.41 Å². The Morgan fingerprint density at radius 3 is 2.39 bits per heavy atom. The van der Waals surface area contributed by atoms with Crippen molar-refractivity contribution in [2.75, 3.05) is 0 Å². The molecule has 0 aliphatic carbocycles. The first-order chi connectivity index (χ1) is 8.39. The summed E-state index contributed by atoms with van der Waals surface area (Å²) in [5.41, 5.74) is -0.889. The van der Waals surface area contributed by atoms with Crippen LogP contribution >= 0.6 is 0 Å². The topological polar surface area (TPSA) is 50.9 Å². The number of unbranched alkanes of at least 4 members (excludes halogenated alkanes) is 3. The summed E-state index contributed by atoms with van der Waals surface area (Å²) in [7, 11) is 0. The van der Waals surface area contributed by atoms with E-state index in [0.29, 0.717) is 6.54 Å². The third-order valence-electron chi connectivity index (χ3n) is 3.73. The van der Waals surface area contributed by atoms with Crippen molar-refractivity contribution in [1.29, 1.82) is 0 Å². The van der Waals surface area contributed by atoms with Gasteiger partial charge in [-0.3, -0.25) is 4.68 Å². The number of nitrogens with zero attached hydrogens (tertiary/aromatic N) is 3. The van der Waals surface area contributed by atoms with Gasteiger partial charge in [-0.1, -0.05) is 53.4 Å². The van der Waals surface area contributed by atoms with Gasteiger partial charge in [0, 0.05) is 0 Å². The maximum absolute atomic E-state index is 10.9. The van der Waals surface area contributed by atoms with Crippen molar-refractivity contribution in [2.24, 2.45) is 5.41 Å². The Morgan fingerprint density at radius 2 is 1.89 bits per heavy atom. The van der Waals surface area contributed by atoms with Crippen molar-refractivity contribution < 1.29 is 5.11 Å². The number of aromatic nitrogens is 3. The standard InChI is InChI=1S/C14H27N3O/c1-5-6-7-8-9-14(18,13(2,3)4)10-17-12-15-11-16-17/h11-12,18H,5-10H2,1-4H3. The number of rotatable bonds is 7. The molecule has 0 aliphatic heterocycles. The van der Waals surface area contributed by atoms with Crippen LogP contribution in [0.25, 0.3) is 0 Å². The first-order valence-electron chi connectivity index (χ1n) is 6.94. The smallest absolute Gasteiger partial charge is 0.137 e. The molecular formula is C14H27N3O. The molecule has 18 heavy (non-hydrogen) atoms. The number of aliphatic hydroxyl groups is 1. The molecule has 0 amide bonds. The van der Waals surface area contributed by atoms with Crippen LogP contribution in [0.15, 0.2) is 12.7 Å². The molecule has 0 spiro atoms. The highest BCUT2D eigenvalue weighted by atomic mass is 16.3. The highest BCUT2D eigenvalue weighted by Crippen LogP contribution is 2.36. The first kappa shape index (κ1) is 15.2. The molecule has 0 bridgehead atoms. The third-order valence-corrected chi connectivity index (χ3v) is 3.73. The average molecular weight is 253 g/mol. The molecule has 0 fully saturated rings. The van der Waals surface area contributed by atoms with E-state index in [9.17, 15) is 5.11 Å². The van der Waals surface area contributed by atoms with E-state index in [1.54, 1.807) is 11.0 Å². The van der Waals surface area contributed by atoms with E-state index in [0.717, 1.165) is 12.8 Å². The van der Waals surface area contributed by atoms with Crippen LogP contribution in [0.2, 0.25) is 0 Å². The van der Waals surface area contributed by atoms with Crippen molar-refractivity contribution >= 4 is 0 Å². The van der Waals surface area contributed by atoms with E-state index in [2.05, 4.69) is 37.8 Å². The van der Waals surface area contributed by atoms with Gasteiger partial charge in [-0.05, 0) is 11.8 Å². The largest absolute Gasteiger partial charge is 0.387 e. The van der Waals surface area contributed by atoms with E-state index in [4.69, 9.17) is 0 Å². The Hall–Kier alpha value is -0.900. The summed E-state index contributed by atoms with van der Waals surface area (Å²) in [6.07, 6.45) is 8.71. The van der Waals surface area contributed by atoms with E-state index in [1.807, 2.05) is 0 Å². The van der Waals surface area contributed by atoms with Crippen molar-refractivity contribution in [3.63, 3.8) is 0 Å². The maximum Gasteiger partial charge on any atom is 0.137 e. The van der Waals surface area contributed by atoms with Gasteiger partial charge >= 0.3 is 0 Å². The molecule has 0 aromatic carbocycles. The normalized spacial score (nSPS) is 15.6. The molecule has 104 valence electrons. The van der Waals surface area contributed by atoms with Gasteiger partial charge in [-0.2, -0.15) is 5.10 Å². The van der Waals surface area contributed by atoms with Crippen LogP contribution in [0.1, 0.15) is 59.8 Å². The maximum atomic E-state index is 10.9. The van der Waals surface area contributed by atoms with Gasteiger partial charge in [0.2, 0.25) is 0 Å². The first-order valence-corrected chi connectivity index (χ1v) is 6.94. The third kappa shape index (κ3) is 4.09. The fraction of sp³-hybridized carbons (Fsp3) is 0.857. The SMILES string of the molecule is CCCCCCC(O)(Cn1cncn1)C(C)(C)C. The summed E-state index contributed by atoms with van der Waals surface area (Å²) in [5, 5.41) is 15.0. The summed E-state index contributed by atoms with van der Waals surface area (Å²) >= 11 is 0. The van der Waals surface area contributed by atoms with E-state index < -0.39 is 5.60 Å². The summed E-state index contributed by atoms with van der Waals surface area (Å²) in [4.78, 5) is 3.94. The van der Waals surface area contributed by atoms with E-state index >= 15 is 0 Å². The van der Waals surface area contributed by atoms with Gasteiger partial charge in [-0.15, -0.1) is 0 Å². The van der Waals surface area contributed by atoms with Gasteiger partial charge in [0.15, 0.2) is 0 Å². The molecule has 1 N–H and O–H groups in total. The van der Waals surface area contributed by atoms with Crippen LogP contribution in [-0.4, -0.2) is 25.5 Å². The zero-order valence-electron chi connectivity index (χ0n) is 12.2. The Labute approximate surface area is 110 Å². The van der Waals surface area contributed by atoms with Crippen molar-refractivity contribution in [3.05, 3.63) is 12.7 Å². The van der Waals surface area contributed by atoms with Crippen molar-refractivity contribution in [1.82, 2.24) is 14.8 Å². The van der Waals surface area contributed by atoms with E-state index in [-0.39, 0.29) is 5.41 Å². The molecule has 0 saturated carbocycles. The summed E-state index contributed by atoms with van der Waals surface area (Å²) < 4.78 is 1.73. The molecule has 1 rings (SSSR count). The molecule has 0 radical (unpaired) electrons. The van der Waals surface area contributed by atoms with Crippen LogP contribution < -0.4 is 0 Å². The van der Waals surface area contributed by atoms with Crippen molar-refractivity contribution in [2.45, 2.75) is 71.9 Å². The Kier molecular flexibility index (Phi) is 5.32. The predicted octanol–water partition coefficient (Wildman–Crippen LogP) is 3.03. The van der Waals surface area contributed by atoms with Crippen LogP contribution in [0.5, 0.6) is 0 Å². The summed E-state index contributed by atoms with van der Waals surface area (Å²) in [6, 6.07) is 0. The lowest BCUT2D eigenvalue weighted by atomic mass is 9.73. The van der Waals surface area contributed by atoms with E-state index in [1.165, 1.54) is 25.6 Å². The highest BCUT2D eigenvalue weighted by Gasteiger charge is 2.39. The lowest BCUT2D eigenvalue weighted by Crippen LogP contribution is -2.46. The zero-order valence-corrected chi connectivity index (χ0v) is 12.2. The minimum absolute atomic E-state index is 0.162. The minimum Gasteiger partial charge on any atom is -0.387 e. The second-order valence-corrected chi connectivity index (χ2v) is 6.19. The Morgan fingerprint density at radius 1 is 1.17 bits per heavy atom. The zero-order chi connectivity index (χ0) is 13.6. The second-order valence-electron chi connectivity index (χ2n) is 6.19. The Balaban J connectivity index is 2.64. The molecule has 1 heterocycles. The molecule has 1 atom stereocenters. The molecule has 1 aromatic heterocycles. The van der Waals surface area contributed by atoms with Crippen LogP contribution in [0.4, 0.5) is 0 Å². The molecule has 0 saturated heterocycles. The lowest BCUT2D eigenvalue weighted by molar-refractivity contribution is -0.0814. The van der Waals surface area contributed by atoms with Gasteiger partial charge in [-0.25, -0.2) is 4.98 Å². The molecule has 0 aliphatic rings. The van der Waals surface area contributed by atoms with Crippen LogP contribution in [-0.2, 0) is 6.54 Å². The van der Waals surface area contributed by atoms with Crippen molar-refractivity contribution in [3.8, 4) is 0 Å². The fourth-order valence-electron chi connectivity index (χ4n) is 2.12. The second kappa shape index (κ2) is 6.32. The van der Waals surface area contributed by atoms with Gasteiger partial charge in [0.25, 0.3) is 0 Å². The molecule has 1 unspecified atom stereocenters. The highest BCUT2D eigenvalue weighted by molar-refractivity contribution is 4.90. The number of hydrogen-bond donors (Lipinski definition) is 1. The predicted molar refractivity (Wildman–Crippen MR) is 73.2 cm³/mol. The average Bonchev–Trinajstić information content (AvgIpc) is 2.75. The molecule has 4 heteroatoms. The lowest BCUT2D eigenvalue weighted by Gasteiger charge is -2.40. The minimum atomic E-state index is -0.728. The fourth-order valence-corrected chi connectivity index (χ4v) is 2.12. The Bertz CT molecular complexity index is 329. The van der Waals surface area contributed by atoms with Gasteiger partial charge < -0.3 is 5.11 Å². The number of hydrogen-bond acceptors (Lipinski definition) is 3. The summed E-state index contributed by atoms with van der Waals surface area (Å²) in [6.45, 7) is 8.98. The monoisotopic (exact) mass is 253 g/mol. The van der Waals surface area contributed by atoms with Crippen LogP contribution in [0.3, 0.4) is 0 Å². The van der Waals surface area contributed by atoms with Gasteiger partial charge in [0.05, 0.1) is 12.1 Å². The molecular weight excluding hydrogens is 226 g/mol. The quantitative estimate of drug-likeness (QED) is 0.760. The molecule has 4 nitrogen and oxygen atoms in total. The summed E-state index contributed by atoms with van der Waals surface area (Å²) in [5.74, 6) is 0. The van der Waals surface area contributed by atoms with Gasteiger partial charge in [0.1, 0.15) is 12.7 Å². The molecule has 1 aromatic rings.